The molecule has 12 aromatic carbocycles. The fourth-order valence-corrected chi connectivity index (χ4v) is 10.9. The third-order valence-electron chi connectivity index (χ3n) is 14.4. The van der Waals surface area contributed by atoms with Crippen molar-refractivity contribution in [3.63, 3.8) is 0 Å². The van der Waals surface area contributed by atoms with Crippen LogP contribution >= 0.6 is 0 Å². The van der Waals surface area contributed by atoms with Crippen LogP contribution in [0.4, 0.5) is 17.1 Å². The zero-order valence-electron chi connectivity index (χ0n) is 38.7. The molecule has 0 fully saturated rings. The predicted molar refractivity (Wildman–Crippen MR) is 299 cm³/mol. The van der Waals surface area contributed by atoms with Crippen LogP contribution in [-0.4, -0.2) is 4.57 Å². The Balaban J connectivity index is 0.833. The van der Waals surface area contributed by atoms with Crippen molar-refractivity contribution >= 4 is 82.4 Å². The largest absolute Gasteiger partial charge is 0.455 e. The second kappa shape index (κ2) is 16.7. The van der Waals surface area contributed by atoms with Gasteiger partial charge in [0.15, 0.2) is 0 Å². The molecule has 0 spiro atoms. The minimum Gasteiger partial charge on any atom is -0.455 e. The number of benzene rings is 12. The standard InChI is InChI=1S/C68H44N2O/c1-2-12-48(13-3-1)59-20-11-21-62-64-44-53(34-41-67(64)71-68(59)62)47-32-39-56(40-33-47)69(55-37-30-46(31-38-55)52-27-26-50-25-24-49-14-4-5-17-58(49)63(50)43-52)54-35-28-45(29-36-54)51-15-10-16-57(42-51)70-65-22-8-6-18-60(65)61-19-7-9-23-66(61)70/h1-44H. The van der Waals surface area contributed by atoms with E-state index in [1.54, 1.807) is 0 Å². The molecule has 2 heterocycles. The van der Waals surface area contributed by atoms with E-state index in [9.17, 15) is 0 Å². The minimum absolute atomic E-state index is 0.886. The minimum atomic E-state index is 0.886. The maximum absolute atomic E-state index is 6.53. The van der Waals surface area contributed by atoms with Crippen molar-refractivity contribution in [3.8, 4) is 50.2 Å². The van der Waals surface area contributed by atoms with Crippen molar-refractivity contribution in [2.75, 3.05) is 4.90 Å². The number of para-hydroxylation sites is 3. The van der Waals surface area contributed by atoms with Gasteiger partial charge in [-0.05, 0) is 139 Å². The lowest BCUT2D eigenvalue weighted by atomic mass is 9.97. The molecule has 0 atom stereocenters. The molecule has 2 aromatic heterocycles. The van der Waals surface area contributed by atoms with Crippen molar-refractivity contribution in [2.45, 2.75) is 0 Å². The summed E-state index contributed by atoms with van der Waals surface area (Å²) in [6.07, 6.45) is 0. The molecule has 0 aliphatic carbocycles. The van der Waals surface area contributed by atoms with Gasteiger partial charge >= 0.3 is 0 Å². The monoisotopic (exact) mass is 904 g/mol. The lowest BCUT2D eigenvalue weighted by Crippen LogP contribution is -2.09. The Morgan fingerprint density at radius 3 is 1.39 bits per heavy atom. The van der Waals surface area contributed by atoms with Crippen molar-refractivity contribution in [2.24, 2.45) is 0 Å². The number of rotatable bonds is 8. The third-order valence-corrected chi connectivity index (χ3v) is 14.4. The van der Waals surface area contributed by atoms with Gasteiger partial charge in [0.25, 0.3) is 0 Å². The van der Waals surface area contributed by atoms with E-state index in [4.69, 9.17) is 4.42 Å². The summed E-state index contributed by atoms with van der Waals surface area (Å²) in [5.41, 5.74) is 17.8. The first-order valence-corrected chi connectivity index (χ1v) is 24.3. The Bertz CT molecular complexity index is 4260. The molecule has 0 saturated heterocycles. The summed E-state index contributed by atoms with van der Waals surface area (Å²) in [5, 5.41) is 9.79. The lowest BCUT2D eigenvalue weighted by Gasteiger charge is -2.26. The van der Waals surface area contributed by atoms with E-state index in [2.05, 4.69) is 270 Å². The van der Waals surface area contributed by atoms with Crippen molar-refractivity contribution in [1.29, 1.82) is 0 Å². The number of aromatic nitrogens is 1. The molecule has 0 aliphatic heterocycles. The summed E-state index contributed by atoms with van der Waals surface area (Å²) in [5.74, 6) is 0. The zero-order chi connectivity index (χ0) is 46.8. The summed E-state index contributed by atoms with van der Waals surface area (Å²) < 4.78 is 8.92. The van der Waals surface area contributed by atoms with Crippen LogP contribution in [0.5, 0.6) is 0 Å². The maximum Gasteiger partial charge on any atom is 0.143 e. The number of hydrogen-bond acceptors (Lipinski definition) is 2. The maximum atomic E-state index is 6.53. The van der Waals surface area contributed by atoms with Crippen molar-refractivity contribution in [1.82, 2.24) is 4.57 Å². The SMILES string of the molecule is c1ccc(-c2cccc3c2oc2ccc(-c4ccc(N(c5ccc(-c6cccc(-n7c8ccccc8c8ccccc87)c6)cc5)c5ccc(-c6ccc7ccc8ccccc8c7c6)cc5)cc4)cc23)cc1. The molecule has 71 heavy (non-hydrogen) atoms. The van der Waals surface area contributed by atoms with E-state index in [1.807, 2.05) is 6.07 Å². The summed E-state index contributed by atoms with van der Waals surface area (Å²) in [4.78, 5) is 2.36. The predicted octanol–water partition coefficient (Wildman–Crippen LogP) is 19.1. The molecular formula is C68H44N2O. The topological polar surface area (TPSA) is 21.3 Å². The first-order chi connectivity index (χ1) is 35.2. The molecule has 0 amide bonds. The normalized spacial score (nSPS) is 11.7. The van der Waals surface area contributed by atoms with Gasteiger partial charge in [-0.25, -0.2) is 0 Å². The second-order valence-corrected chi connectivity index (χ2v) is 18.5. The average molecular weight is 905 g/mol. The van der Waals surface area contributed by atoms with Gasteiger partial charge in [-0.3, -0.25) is 0 Å². The van der Waals surface area contributed by atoms with E-state index in [-0.39, 0.29) is 0 Å². The van der Waals surface area contributed by atoms with Gasteiger partial charge in [0, 0.05) is 49.9 Å². The number of nitrogens with zero attached hydrogens (tertiary/aromatic N) is 2. The fourth-order valence-electron chi connectivity index (χ4n) is 10.9. The number of fused-ring (bicyclic) bond motifs is 9. The van der Waals surface area contributed by atoms with Gasteiger partial charge in [-0.1, -0.05) is 188 Å². The van der Waals surface area contributed by atoms with Crippen LogP contribution < -0.4 is 4.90 Å². The van der Waals surface area contributed by atoms with E-state index in [0.717, 1.165) is 78.1 Å². The first-order valence-electron chi connectivity index (χ1n) is 24.3. The lowest BCUT2D eigenvalue weighted by molar-refractivity contribution is 0.670. The quantitative estimate of drug-likeness (QED) is 0.142. The molecule has 0 N–H and O–H groups in total. The molecule has 332 valence electrons. The highest BCUT2D eigenvalue weighted by Crippen LogP contribution is 2.41. The van der Waals surface area contributed by atoms with Crippen molar-refractivity contribution < 1.29 is 4.42 Å². The zero-order valence-corrected chi connectivity index (χ0v) is 38.7. The molecule has 14 aromatic rings. The Morgan fingerprint density at radius 1 is 0.282 bits per heavy atom. The Kier molecular flexibility index (Phi) is 9.53. The average Bonchev–Trinajstić information content (AvgIpc) is 3.99. The molecule has 3 heteroatoms. The fraction of sp³-hybridized carbons (Fsp3) is 0. The molecular weight excluding hydrogens is 861 g/mol. The number of hydrogen-bond donors (Lipinski definition) is 0. The van der Waals surface area contributed by atoms with Gasteiger partial charge in [-0.15, -0.1) is 0 Å². The van der Waals surface area contributed by atoms with Gasteiger partial charge in [0.05, 0.1) is 11.0 Å². The van der Waals surface area contributed by atoms with Gasteiger partial charge in [-0.2, -0.15) is 0 Å². The Hall–Kier alpha value is -9.44. The summed E-state index contributed by atoms with van der Waals surface area (Å²) in [7, 11) is 0. The van der Waals surface area contributed by atoms with Crippen LogP contribution in [0.1, 0.15) is 0 Å². The summed E-state index contributed by atoms with van der Waals surface area (Å²) >= 11 is 0. The number of furan rings is 1. The van der Waals surface area contributed by atoms with Crippen molar-refractivity contribution in [3.05, 3.63) is 267 Å². The summed E-state index contributed by atoms with van der Waals surface area (Å²) in [6, 6.07) is 96.6. The van der Waals surface area contributed by atoms with Crippen LogP contribution in [0, 0.1) is 0 Å². The van der Waals surface area contributed by atoms with E-state index in [1.165, 1.54) is 54.5 Å². The van der Waals surface area contributed by atoms with Crippen LogP contribution in [0.3, 0.4) is 0 Å². The van der Waals surface area contributed by atoms with E-state index in [0.29, 0.717) is 0 Å². The first kappa shape index (κ1) is 40.6. The highest BCUT2D eigenvalue weighted by Gasteiger charge is 2.18. The van der Waals surface area contributed by atoms with Gasteiger partial charge < -0.3 is 13.9 Å². The van der Waals surface area contributed by atoms with Crippen LogP contribution in [0.15, 0.2) is 271 Å². The highest BCUT2D eigenvalue weighted by molar-refractivity contribution is 6.12. The Labute approximate surface area is 411 Å². The highest BCUT2D eigenvalue weighted by atomic mass is 16.3. The smallest absolute Gasteiger partial charge is 0.143 e. The molecule has 0 aliphatic rings. The molecule has 0 unspecified atom stereocenters. The van der Waals surface area contributed by atoms with Crippen LogP contribution in [0.2, 0.25) is 0 Å². The number of anilines is 3. The van der Waals surface area contributed by atoms with Crippen LogP contribution in [0.25, 0.3) is 115 Å². The molecule has 14 rings (SSSR count). The van der Waals surface area contributed by atoms with Gasteiger partial charge in [0.2, 0.25) is 0 Å². The molecule has 0 bridgehead atoms. The Morgan fingerprint density at radius 2 is 0.746 bits per heavy atom. The van der Waals surface area contributed by atoms with E-state index >= 15 is 0 Å². The second-order valence-electron chi connectivity index (χ2n) is 18.5. The van der Waals surface area contributed by atoms with E-state index < -0.39 is 0 Å². The third kappa shape index (κ3) is 6.97. The summed E-state index contributed by atoms with van der Waals surface area (Å²) in [6.45, 7) is 0. The van der Waals surface area contributed by atoms with Gasteiger partial charge in [0.1, 0.15) is 11.2 Å². The molecule has 0 saturated carbocycles. The molecule has 0 radical (unpaired) electrons. The molecule has 3 nitrogen and oxygen atoms in total. The van der Waals surface area contributed by atoms with Crippen LogP contribution in [-0.2, 0) is 0 Å².